The van der Waals surface area contributed by atoms with E-state index in [2.05, 4.69) is 25.6 Å². The van der Waals surface area contributed by atoms with Gasteiger partial charge < -0.3 is 15.6 Å². The molecule has 8 heteroatoms. The van der Waals surface area contributed by atoms with E-state index in [1.807, 2.05) is 63.2 Å². The van der Waals surface area contributed by atoms with Crippen LogP contribution in [-0.4, -0.2) is 25.4 Å². The lowest BCUT2D eigenvalue weighted by atomic mass is 10.0. The SMILES string of the molecule is CC.CC1CC(C(=O)NCc2cc3cnccc3[nH]2)n2c1cnc(NCc1ccccc1)c2=O. The maximum atomic E-state index is 13.2. The molecule has 0 spiro atoms. The second-order valence-electron chi connectivity index (χ2n) is 8.17. The number of benzene rings is 1. The highest BCUT2D eigenvalue weighted by atomic mass is 16.2. The van der Waals surface area contributed by atoms with Crippen molar-refractivity contribution in [2.75, 3.05) is 5.32 Å². The third-order valence-electron chi connectivity index (χ3n) is 5.95. The first-order valence-corrected chi connectivity index (χ1v) is 11.7. The first-order valence-electron chi connectivity index (χ1n) is 11.7. The van der Waals surface area contributed by atoms with Gasteiger partial charge in [-0.3, -0.25) is 19.1 Å². The molecule has 0 bridgehead atoms. The normalized spacial score (nSPS) is 16.4. The van der Waals surface area contributed by atoms with Crippen molar-refractivity contribution >= 4 is 22.6 Å². The smallest absolute Gasteiger partial charge is 0.294 e. The minimum atomic E-state index is -0.557. The van der Waals surface area contributed by atoms with Crippen LogP contribution >= 0.6 is 0 Å². The van der Waals surface area contributed by atoms with E-state index in [1.165, 1.54) is 0 Å². The summed E-state index contributed by atoms with van der Waals surface area (Å²) in [7, 11) is 0. The Hall–Kier alpha value is -3.94. The molecule has 2 atom stereocenters. The molecule has 176 valence electrons. The van der Waals surface area contributed by atoms with E-state index in [-0.39, 0.29) is 23.2 Å². The first-order chi connectivity index (χ1) is 16.6. The Balaban J connectivity index is 0.00000133. The van der Waals surface area contributed by atoms with Gasteiger partial charge in [-0.15, -0.1) is 0 Å². The van der Waals surface area contributed by atoms with Crippen molar-refractivity contribution in [3.63, 3.8) is 0 Å². The molecule has 8 nitrogen and oxygen atoms in total. The molecule has 1 aromatic carbocycles. The molecule has 0 saturated heterocycles. The zero-order chi connectivity index (χ0) is 24.1. The van der Waals surface area contributed by atoms with E-state index >= 15 is 0 Å². The van der Waals surface area contributed by atoms with E-state index in [0.717, 1.165) is 27.9 Å². The number of aromatic amines is 1. The highest BCUT2D eigenvalue weighted by Gasteiger charge is 2.35. The van der Waals surface area contributed by atoms with Gasteiger partial charge in [-0.1, -0.05) is 51.1 Å². The van der Waals surface area contributed by atoms with Crippen LogP contribution < -0.4 is 16.2 Å². The van der Waals surface area contributed by atoms with E-state index in [1.54, 1.807) is 23.2 Å². The van der Waals surface area contributed by atoms with Crippen LogP contribution in [0.25, 0.3) is 10.9 Å². The summed E-state index contributed by atoms with van der Waals surface area (Å²) in [4.78, 5) is 38.0. The largest absolute Gasteiger partial charge is 0.361 e. The van der Waals surface area contributed by atoms with E-state index in [4.69, 9.17) is 0 Å². The van der Waals surface area contributed by atoms with Crippen LogP contribution in [-0.2, 0) is 17.9 Å². The first kappa shape index (κ1) is 23.2. The standard InChI is InChI=1S/C24H24N6O2.C2H6/c1-15-9-20(23(31)28-13-18-10-17-12-25-8-7-19(17)29-18)30-21(15)14-27-22(24(30)32)26-11-16-5-3-2-4-6-16;1-2/h2-8,10,12,14-15,20,29H,9,11,13H2,1H3,(H,26,27)(H,28,31);1-2H3. The fourth-order valence-corrected chi connectivity index (χ4v) is 4.28. The maximum Gasteiger partial charge on any atom is 0.294 e. The summed E-state index contributed by atoms with van der Waals surface area (Å²) in [6, 6.07) is 13.1. The van der Waals surface area contributed by atoms with E-state index in [0.29, 0.717) is 19.5 Å². The monoisotopic (exact) mass is 458 g/mol. The van der Waals surface area contributed by atoms with Crippen molar-refractivity contribution < 1.29 is 4.79 Å². The van der Waals surface area contributed by atoms with Crippen LogP contribution in [0.4, 0.5) is 5.82 Å². The molecule has 4 heterocycles. The van der Waals surface area contributed by atoms with Crippen LogP contribution in [0.2, 0.25) is 0 Å². The summed E-state index contributed by atoms with van der Waals surface area (Å²) in [5.74, 6) is 0.163. The predicted octanol–water partition coefficient (Wildman–Crippen LogP) is 4.12. The number of pyridine rings is 1. The molecule has 1 amide bonds. The summed E-state index contributed by atoms with van der Waals surface area (Å²) < 4.78 is 1.59. The molecule has 0 aliphatic carbocycles. The van der Waals surface area contributed by atoms with Crippen LogP contribution in [0, 0.1) is 0 Å². The average molecular weight is 459 g/mol. The molecule has 2 unspecified atom stereocenters. The van der Waals surface area contributed by atoms with Gasteiger partial charge in [0, 0.05) is 53.3 Å². The van der Waals surface area contributed by atoms with Crippen molar-refractivity contribution in [2.24, 2.45) is 0 Å². The molecule has 0 fully saturated rings. The third kappa shape index (κ3) is 4.71. The molecule has 4 aromatic rings. The number of amides is 1. The van der Waals surface area contributed by atoms with Gasteiger partial charge in [-0.2, -0.15) is 0 Å². The number of nitrogens with one attached hydrogen (secondary N) is 3. The minimum absolute atomic E-state index is 0.0771. The zero-order valence-corrected chi connectivity index (χ0v) is 19.7. The van der Waals surface area contributed by atoms with Gasteiger partial charge in [0.1, 0.15) is 6.04 Å². The zero-order valence-electron chi connectivity index (χ0n) is 19.7. The predicted molar refractivity (Wildman–Crippen MR) is 134 cm³/mol. The van der Waals surface area contributed by atoms with Crippen LogP contribution in [0.1, 0.15) is 56.1 Å². The molecule has 1 aliphatic heterocycles. The Morgan fingerprint density at radius 1 is 1.15 bits per heavy atom. The van der Waals surface area contributed by atoms with Crippen molar-refractivity contribution in [1.29, 1.82) is 0 Å². The highest BCUT2D eigenvalue weighted by Crippen LogP contribution is 2.34. The van der Waals surface area contributed by atoms with Crippen molar-refractivity contribution in [3.05, 3.63) is 88.4 Å². The van der Waals surface area contributed by atoms with Crippen molar-refractivity contribution in [2.45, 2.75) is 52.2 Å². The van der Waals surface area contributed by atoms with Crippen LogP contribution in [0.15, 0.2) is 65.8 Å². The quantitative estimate of drug-likeness (QED) is 0.403. The topological polar surface area (TPSA) is 105 Å². The number of aromatic nitrogens is 4. The summed E-state index contributed by atoms with van der Waals surface area (Å²) in [6.45, 7) is 6.86. The Labute approximate surface area is 198 Å². The summed E-state index contributed by atoms with van der Waals surface area (Å²) in [5.41, 5.74) is 3.44. The number of carbonyl (C=O) groups is 1. The van der Waals surface area contributed by atoms with Crippen molar-refractivity contribution in [3.8, 4) is 0 Å². The highest BCUT2D eigenvalue weighted by molar-refractivity contribution is 5.82. The molecule has 0 saturated carbocycles. The molecule has 3 N–H and O–H groups in total. The number of H-pyrrole nitrogens is 1. The lowest BCUT2D eigenvalue weighted by Crippen LogP contribution is -2.36. The Morgan fingerprint density at radius 3 is 2.71 bits per heavy atom. The molecule has 5 rings (SSSR count). The second kappa shape index (κ2) is 10.3. The van der Waals surface area contributed by atoms with Gasteiger partial charge in [0.25, 0.3) is 5.56 Å². The Kier molecular flexibility index (Phi) is 7.06. The number of hydrogen-bond donors (Lipinski definition) is 3. The van der Waals surface area contributed by atoms with Gasteiger partial charge in [-0.05, 0) is 24.1 Å². The summed E-state index contributed by atoms with van der Waals surface area (Å²) in [6.07, 6.45) is 5.78. The van der Waals surface area contributed by atoms with Gasteiger partial charge in [0.2, 0.25) is 5.91 Å². The van der Waals surface area contributed by atoms with Gasteiger partial charge >= 0.3 is 0 Å². The van der Waals surface area contributed by atoms with E-state index in [9.17, 15) is 9.59 Å². The third-order valence-corrected chi connectivity index (χ3v) is 5.95. The summed E-state index contributed by atoms with van der Waals surface area (Å²) in [5, 5.41) is 7.09. The Bertz CT molecular complexity index is 1300. The number of hydrogen-bond acceptors (Lipinski definition) is 5. The number of rotatable bonds is 6. The number of carbonyl (C=O) groups excluding carboxylic acids is 1. The van der Waals surface area contributed by atoms with Gasteiger partial charge in [0.15, 0.2) is 5.82 Å². The number of anilines is 1. The number of nitrogens with zero attached hydrogens (tertiary/aromatic N) is 3. The molecule has 0 radical (unpaired) electrons. The second-order valence-corrected chi connectivity index (χ2v) is 8.17. The van der Waals surface area contributed by atoms with Gasteiger partial charge in [-0.25, -0.2) is 4.98 Å². The molecular formula is C26H30N6O2. The van der Waals surface area contributed by atoms with Gasteiger partial charge in [0.05, 0.1) is 6.54 Å². The molecule has 34 heavy (non-hydrogen) atoms. The van der Waals surface area contributed by atoms with E-state index < -0.39 is 6.04 Å². The van der Waals surface area contributed by atoms with Crippen LogP contribution in [0.3, 0.4) is 0 Å². The lowest BCUT2D eigenvalue weighted by molar-refractivity contribution is -0.124. The fraction of sp³-hybridized carbons (Fsp3) is 0.308. The minimum Gasteiger partial charge on any atom is -0.361 e. The van der Waals surface area contributed by atoms with Crippen LogP contribution in [0.5, 0.6) is 0 Å². The lowest BCUT2D eigenvalue weighted by Gasteiger charge is -2.15. The number of fused-ring (bicyclic) bond motifs is 2. The molecule has 1 aliphatic rings. The van der Waals surface area contributed by atoms with Crippen molar-refractivity contribution in [1.82, 2.24) is 24.8 Å². The molecular weight excluding hydrogens is 428 g/mol. The Morgan fingerprint density at radius 2 is 1.94 bits per heavy atom. The maximum absolute atomic E-state index is 13.2. The molecule has 3 aromatic heterocycles. The summed E-state index contributed by atoms with van der Waals surface area (Å²) >= 11 is 0. The fourth-order valence-electron chi connectivity index (χ4n) is 4.28. The average Bonchev–Trinajstić information content (AvgIpc) is 3.45.